The molecule has 3 aromatic carbocycles. The molecule has 0 spiro atoms. The highest BCUT2D eigenvalue weighted by atomic mass is 35.5. The molecule has 6 heteroatoms. The summed E-state index contributed by atoms with van der Waals surface area (Å²) in [6, 6.07) is 17.4. The first-order chi connectivity index (χ1) is 16.5. The van der Waals surface area contributed by atoms with Crippen molar-refractivity contribution in [2.75, 3.05) is 0 Å². The Morgan fingerprint density at radius 3 is 2.26 bits per heavy atom. The Balaban J connectivity index is 1.88. The average molecular weight is 507 g/mol. The molecule has 0 radical (unpaired) electrons. The normalized spacial score (nSPS) is 21.3. The number of ketones is 1. The molecule has 4 nitrogen and oxygen atoms in total. The molecule has 180 valence electrons. The van der Waals surface area contributed by atoms with Gasteiger partial charge in [0.05, 0.1) is 5.25 Å². The number of fused-ring (bicyclic) bond motifs is 4. The summed E-state index contributed by atoms with van der Waals surface area (Å²) in [6.07, 6.45) is 1.84. The Morgan fingerprint density at radius 1 is 0.943 bits per heavy atom. The first kappa shape index (κ1) is 24.0. The smallest absolute Gasteiger partial charge is 0.268 e. The zero-order chi connectivity index (χ0) is 25.2. The molecule has 0 aromatic heterocycles. The molecule has 0 bridgehead atoms. The number of hydrogen-bond acceptors (Lipinski definition) is 3. The average Bonchev–Trinajstić information content (AvgIpc) is 2.77. The van der Waals surface area contributed by atoms with E-state index in [1.54, 1.807) is 13.8 Å². The summed E-state index contributed by atoms with van der Waals surface area (Å²) < 4.78 is 34.6. The summed E-state index contributed by atoms with van der Waals surface area (Å²) in [5, 5.41) is 2.95. The molecule has 0 saturated heterocycles. The Morgan fingerprint density at radius 2 is 1.63 bits per heavy atom. The summed E-state index contributed by atoms with van der Waals surface area (Å²) in [5.74, 6) is -0.855. The lowest BCUT2D eigenvalue weighted by atomic mass is 9.77. The van der Waals surface area contributed by atoms with Gasteiger partial charge in [-0.05, 0) is 55.5 Å². The molecular weight excluding hydrogens is 480 g/mol. The Kier molecular flexibility index (Phi) is 5.78. The van der Waals surface area contributed by atoms with Gasteiger partial charge in [0.15, 0.2) is 5.78 Å². The minimum atomic E-state index is -4.32. The quantitative estimate of drug-likeness (QED) is 0.511. The second kappa shape index (κ2) is 8.44. The third kappa shape index (κ3) is 3.77. The van der Waals surface area contributed by atoms with Gasteiger partial charge in [-0.2, -0.15) is 8.42 Å². The van der Waals surface area contributed by atoms with E-state index in [9.17, 15) is 17.8 Å². The SMILES string of the molecule is CC(C)c1ccc(C2=c3ccccc3=c3ccc4c(c3C2=O)C(C)C(S(=O)(=O)O)C(C)C=4)cc1Cl. The van der Waals surface area contributed by atoms with Crippen molar-refractivity contribution < 1.29 is 17.8 Å². The second-order valence-electron chi connectivity index (χ2n) is 9.93. The van der Waals surface area contributed by atoms with E-state index in [0.717, 1.165) is 32.0 Å². The van der Waals surface area contributed by atoms with Gasteiger partial charge in [0.1, 0.15) is 0 Å². The second-order valence-corrected chi connectivity index (χ2v) is 11.9. The van der Waals surface area contributed by atoms with Crippen molar-refractivity contribution in [3.8, 4) is 0 Å². The molecule has 3 aromatic rings. The van der Waals surface area contributed by atoms with Crippen LogP contribution in [0.4, 0.5) is 0 Å². The minimum Gasteiger partial charge on any atom is -0.289 e. The van der Waals surface area contributed by atoms with E-state index in [-0.39, 0.29) is 17.6 Å². The lowest BCUT2D eigenvalue weighted by Gasteiger charge is -2.32. The summed E-state index contributed by atoms with van der Waals surface area (Å²) >= 11 is 6.62. The fourth-order valence-electron chi connectivity index (χ4n) is 5.89. The van der Waals surface area contributed by atoms with E-state index in [1.165, 1.54) is 0 Å². The lowest BCUT2D eigenvalue weighted by molar-refractivity contribution is 0.105. The van der Waals surface area contributed by atoms with Gasteiger partial charge in [0.25, 0.3) is 10.1 Å². The Bertz CT molecular complexity index is 1720. The Hall–Kier alpha value is -2.73. The van der Waals surface area contributed by atoms with Crippen LogP contribution >= 0.6 is 11.6 Å². The number of rotatable bonds is 3. The fourth-order valence-corrected chi connectivity index (χ4v) is 7.56. The van der Waals surface area contributed by atoms with Gasteiger partial charge in [-0.3, -0.25) is 9.35 Å². The highest BCUT2D eigenvalue weighted by molar-refractivity contribution is 7.86. The first-order valence-corrected chi connectivity index (χ1v) is 13.7. The van der Waals surface area contributed by atoms with Crippen molar-refractivity contribution in [2.45, 2.75) is 44.8 Å². The molecule has 35 heavy (non-hydrogen) atoms. The Labute approximate surface area is 210 Å². The van der Waals surface area contributed by atoms with E-state index < -0.39 is 21.3 Å². The van der Waals surface area contributed by atoms with Crippen LogP contribution in [0.5, 0.6) is 0 Å². The van der Waals surface area contributed by atoms with Crippen LogP contribution in [0, 0.1) is 16.4 Å². The summed E-state index contributed by atoms with van der Waals surface area (Å²) in [7, 11) is -4.32. The van der Waals surface area contributed by atoms with Crippen molar-refractivity contribution in [1.82, 2.24) is 0 Å². The van der Waals surface area contributed by atoms with E-state index in [1.807, 2.05) is 60.7 Å². The monoisotopic (exact) mass is 506 g/mol. The van der Waals surface area contributed by atoms with Crippen LogP contribution in [-0.4, -0.2) is 24.0 Å². The minimum absolute atomic E-state index is 0.159. The summed E-state index contributed by atoms with van der Waals surface area (Å²) in [5.41, 5.74) is 3.47. The van der Waals surface area contributed by atoms with Crippen molar-refractivity contribution in [2.24, 2.45) is 5.92 Å². The largest absolute Gasteiger partial charge is 0.289 e. The van der Waals surface area contributed by atoms with E-state index in [2.05, 4.69) is 13.8 Å². The van der Waals surface area contributed by atoms with Gasteiger partial charge in [-0.1, -0.05) is 93.9 Å². The molecule has 3 unspecified atom stereocenters. The van der Waals surface area contributed by atoms with Crippen molar-refractivity contribution in [1.29, 1.82) is 0 Å². The number of Topliss-reactive ketones (excluding diaryl/α,β-unsaturated/α-hetero) is 1. The maximum atomic E-state index is 14.3. The molecule has 2 aliphatic carbocycles. The van der Waals surface area contributed by atoms with Crippen molar-refractivity contribution in [3.05, 3.63) is 103 Å². The molecule has 1 N–H and O–H groups in total. The van der Waals surface area contributed by atoms with Crippen LogP contribution in [0.1, 0.15) is 66.6 Å². The maximum Gasteiger partial charge on any atom is 0.268 e. The number of benzene rings is 3. The first-order valence-electron chi connectivity index (χ1n) is 11.8. The molecule has 0 saturated carbocycles. The molecule has 2 aliphatic rings. The van der Waals surface area contributed by atoms with Crippen LogP contribution in [0.15, 0.2) is 54.6 Å². The predicted molar refractivity (Wildman–Crippen MR) is 140 cm³/mol. The maximum absolute atomic E-state index is 14.3. The third-order valence-corrected chi connectivity index (χ3v) is 9.24. The standard InChI is InChI=1S/C29H27ClO4S/c1-15(2)20-11-9-19(14-24(20)30)26-22-8-6-5-7-21(22)23-12-10-18-13-16(3)29(35(32,33)34)17(4)25(18)27(23)28(26)31/h5-17,29H,1-4H3,(H,32,33,34). The van der Waals surface area contributed by atoms with Gasteiger partial charge < -0.3 is 0 Å². The van der Waals surface area contributed by atoms with E-state index in [4.69, 9.17) is 11.6 Å². The number of halogens is 1. The summed E-state index contributed by atoms with van der Waals surface area (Å²) in [6.45, 7) is 7.71. The zero-order valence-corrected chi connectivity index (χ0v) is 21.6. The number of carbonyl (C=O) groups excluding carboxylic acids is 1. The van der Waals surface area contributed by atoms with Gasteiger partial charge in [0.2, 0.25) is 0 Å². The van der Waals surface area contributed by atoms with Crippen molar-refractivity contribution in [3.63, 3.8) is 0 Å². The zero-order valence-electron chi connectivity index (χ0n) is 20.0. The predicted octanol–water partition coefficient (Wildman–Crippen LogP) is 4.94. The van der Waals surface area contributed by atoms with Gasteiger partial charge in [0, 0.05) is 22.1 Å². The molecule has 0 aliphatic heterocycles. The van der Waals surface area contributed by atoms with Crippen LogP contribution < -0.4 is 10.4 Å². The molecule has 5 rings (SSSR count). The molecule has 0 fully saturated rings. The topological polar surface area (TPSA) is 71.4 Å². The van der Waals surface area contributed by atoms with E-state index in [0.29, 0.717) is 21.7 Å². The van der Waals surface area contributed by atoms with Crippen LogP contribution in [0.3, 0.4) is 0 Å². The van der Waals surface area contributed by atoms with Gasteiger partial charge >= 0.3 is 0 Å². The number of carbonyl (C=O) groups is 1. The van der Waals surface area contributed by atoms with Crippen LogP contribution in [0.25, 0.3) is 11.6 Å². The van der Waals surface area contributed by atoms with Crippen molar-refractivity contribution >= 4 is 39.2 Å². The molecule has 0 amide bonds. The molecule has 3 atom stereocenters. The molecule has 0 heterocycles. The highest BCUT2D eigenvalue weighted by Gasteiger charge is 2.40. The van der Waals surface area contributed by atoms with Gasteiger partial charge in [-0.15, -0.1) is 0 Å². The van der Waals surface area contributed by atoms with Crippen LogP contribution in [-0.2, 0) is 10.1 Å². The fraction of sp³-hybridized carbons (Fsp3) is 0.276. The third-order valence-electron chi connectivity index (χ3n) is 7.38. The molecular formula is C29H27ClO4S. The van der Waals surface area contributed by atoms with Crippen LogP contribution in [0.2, 0.25) is 5.02 Å². The van der Waals surface area contributed by atoms with Gasteiger partial charge in [-0.25, -0.2) is 0 Å². The highest BCUT2D eigenvalue weighted by Crippen LogP contribution is 2.36. The summed E-state index contributed by atoms with van der Waals surface area (Å²) in [4.78, 5) is 14.3. The lowest BCUT2D eigenvalue weighted by Crippen LogP contribution is -2.40. The number of hydrogen-bond donors (Lipinski definition) is 1. The van der Waals surface area contributed by atoms with E-state index >= 15 is 0 Å².